The van der Waals surface area contributed by atoms with Gasteiger partial charge in [0.25, 0.3) is 0 Å². The van der Waals surface area contributed by atoms with Crippen molar-refractivity contribution in [3.8, 4) is 5.75 Å². The molecule has 1 rings (SSSR count). The summed E-state index contributed by atoms with van der Waals surface area (Å²) in [4.78, 5) is 12.7. The monoisotopic (exact) mass is 421 g/mol. The number of anilines is 1. The van der Waals surface area contributed by atoms with Gasteiger partial charge in [-0.25, -0.2) is 4.79 Å². The van der Waals surface area contributed by atoms with E-state index in [2.05, 4.69) is 60.0 Å². The highest BCUT2D eigenvalue weighted by atomic mass is 28.4. The van der Waals surface area contributed by atoms with Crippen LogP contribution in [0.5, 0.6) is 5.75 Å². The Labute approximate surface area is 178 Å². The fourth-order valence-corrected chi connectivity index (χ4v) is 3.51. The summed E-state index contributed by atoms with van der Waals surface area (Å²) in [7, 11) is -0.442. The zero-order valence-corrected chi connectivity index (χ0v) is 20.8. The Kier molecular flexibility index (Phi) is 8.39. The van der Waals surface area contributed by atoms with Crippen molar-refractivity contribution in [1.29, 1.82) is 0 Å². The molecule has 0 heterocycles. The highest BCUT2D eigenvalue weighted by molar-refractivity contribution is 6.74. The molecule has 29 heavy (non-hydrogen) atoms. The van der Waals surface area contributed by atoms with Crippen LogP contribution in [0.15, 0.2) is 36.1 Å². The number of benzene rings is 1. The molecule has 0 saturated carbocycles. The van der Waals surface area contributed by atoms with E-state index in [4.69, 9.17) is 13.9 Å². The average Bonchev–Trinajstić information content (AvgIpc) is 2.59. The zero-order chi connectivity index (χ0) is 22.5. The molecule has 1 aromatic carbocycles. The summed E-state index contributed by atoms with van der Waals surface area (Å²) in [5.41, 5.74) is 0.558. The Morgan fingerprint density at radius 1 is 1.10 bits per heavy atom. The van der Waals surface area contributed by atoms with Crippen molar-refractivity contribution in [2.24, 2.45) is 5.41 Å². The molecular formula is C23H39NO4Si. The average molecular weight is 422 g/mol. The molecule has 0 aromatic heterocycles. The molecule has 0 saturated heterocycles. The number of ether oxygens (including phenoxy) is 2. The van der Waals surface area contributed by atoms with E-state index in [0.29, 0.717) is 6.61 Å². The van der Waals surface area contributed by atoms with Crippen LogP contribution in [0.2, 0.25) is 18.1 Å². The van der Waals surface area contributed by atoms with Crippen molar-refractivity contribution in [2.75, 3.05) is 19.0 Å². The van der Waals surface area contributed by atoms with E-state index in [1.54, 1.807) is 7.11 Å². The van der Waals surface area contributed by atoms with Crippen molar-refractivity contribution >= 4 is 20.0 Å². The van der Waals surface area contributed by atoms with Crippen molar-refractivity contribution in [2.45, 2.75) is 72.6 Å². The first-order valence-electron chi connectivity index (χ1n) is 10.2. The van der Waals surface area contributed by atoms with E-state index in [1.165, 1.54) is 0 Å². The fourth-order valence-electron chi connectivity index (χ4n) is 2.28. The van der Waals surface area contributed by atoms with E-state index in [-0.39, 0.29) is 16.4 Å². The van der Waals surface area contributed by atoms with Crippen LogP contribution in [0.1, 0.15) is 48.5 Å². The van der Waals surface area contributed by atoms with Gasteiger partial charge in [0.2, 0.25) is 8.32 Å². The number of nitrogens with one attached hydrogen (secondary N) is 1. The smallest absolute Gasteiger partial charge is 0.332 e. The van der Waals surface area contributed by atoms with Crippen LogP contribution in [0, 0.1) is 5.41 Å². The maximum atomic E-state index is 12.7. The predicted molar refractivity (Wildman–Crippen MR) is 123 cm³/mol. The van der Waals surface area contributed by atoms with Crippen LogP contribution < -0.4 is 10.1 Å². The molecule has 1 unspecified atom stereocenters. The molecule has 6 heteroatoms. The first kappa shape index (κ1) is 25.1. The lowest BCUT2D eigenvalue weighted by molar-refractivity contribution is -0.142. The minimum atomic E-state index is -2.07. The Morgan fingerprint density at radius 3 is 2.07 bits per heavy atom. The standard InChI is InChI=1S/C23H39NO4Si/c1-11-27-21(25)19(24-17-12-14-18(26-8)15-13-17)16-20(22(2,3)4)28-29(9,10)23(5,6)7/h12-16,19,24H,11H2,1-10H3/b20-16-. The van der Waals surface area contributed by atoms with Gasteiger partial charge in [0.1, 0.15) is 11.8 Å². The molecule has 0 amide bonds. The summed E-state index contributed by atoms with van der Waals surface area (Å²) in [5, 5.41) is 3.33. The summed E-state index contributed by atoms with van der Waals surface area (Å²) in [6.45, 7) is 19.5. The molecule has 5 nitrogen and oxygen atoms in total. The molecular weight excluding hydrogens is 382 g/mol. The SMILES string of the molecule is CCOC(=O)C(/C=C(\O[Si](C)(C)C(C)(C)C)C(C)(C)C)Nc1ccc(OC)cc1. The first-order chi connectivity index (χ1) is 13.2. The zero-order valence-electron chi connectivity index (χ0n) is 19.8. The molecule has 1 atom stereocenters. The van der Waals surface area contributed by atoms with Gasteiger partial charge < -0.3 is 19.2 Å². The van der Waals surface area contributed by atoms with E-state index in [9.17, 15) is 4.79 Å². The third-order valence-corrected chi connectivity index (χ3v) is 9.52. The maximum absolute atomic E-state index is 12.7. The lowest BCUT2D eigenvalue weighted by atomic mass is 9.92. The number of carbonyl (C=O) groups is 1. The molecule has 0 fully saturated rings. The number of rotatable bonds is 8. The topological polar surface area (TPSA) is 56.8 Å². The second-order valence-corrected chi connectivity index (χ2v) is 14.5. The largest absolute Gasteiger partial charge is 0.546 e. The van der Waals surface area contributed by atoms with E-state index in [0.717, 1.165) is 17.2 Å². The van der Waals surface area contributed by atoms with Gasteiger partial charge in [-0.1, -0.05) is 41.5 Å². The normalized spacial score (nSPS) is 14.2. The molecule has 0 aliphatic rings. The lowest BCUT2D eigenvalue weighted by Crippen LogP contribution is -2.42. The van der Waals surface area contributed by atoms with Gasteiger partial charge in [-0.05, 0) is 55.4 Å². The number of hydrogen-bond acceptors (Lipinski definition) is 5. The van der Waals surface area contributed by atoms with Crippen LogP contribution in [-0.2, 0) is 14.0 Å². The molecule has 1 N–H and O–H groups in total. The summed E-state index contributed by atoms with van der Waals surface area (Å²) < 4.78 is 17.2. The summed E-state index contributed by atoms with van der Waals surface area (Å²) in [6.07, 6.45) is 1.88. The second kappa shape index (κ2) is 9.70. The summed E-state index contributed by atoms with van der Waals surface area (Å²) >= 11 is 0. The van der Waals surface area contributed by atoms with E-state index < -0.39 is 14.4 Å². The maximum Gasteiger partial charge on any atom is 0.332 e. The Balaban J connectivity index is 3.30. The van der Waals surface area contributed by atoms with Crippen molar-refractivity contribution in [3.63, 3.8) is 0 Å². The van der Waals surface area contributed by atoms with Gasteiger partial charge >= 0.3 is 5.97 Å². The van der Waals surface area contributed by atoms with Crippen molar-refractivity contribution in [1.82, 2.24) is 0 Å². The van der Waals surface area contributed by atoms with Crippen LogP contribution in [-0.4, -0.2) is 34.0 Å². The predicted octanol–water partition coefficient (Wildman–Crippen LogP) is 5.99. The van der Waals surface area contributed by atoms with Crippen LogP contribution in [0.25, 0.3) is 0 Å². The highest BCUT2D eigenvalue weighted by Gasteiger charge is 2.41. The number of carbonyl (C=O) groups excluding carboxylic acids is 1. The van der Waals surface area contributed by atoms with Gasteiger partial charge in [-0.3, -0.25) is 0 Å². The third kappa shape index (κ3) is 7.42. The van der Waals surface area contributed by atoms with Gasteiger partial charge in [0, 0.05) is 11.1 Å². The van der Waals surface area contributed by atoms with Crippen LogP contribution in [0.4, 0.5) is 5.69 Å². The minimum absolute atomic E-state index is 0.0557. The molecule has 0 aliphatic heterocycles. The Bertz CT molecular complexity index is 697. The molecule has 0 radical (unpaired) electrons. The number of allylic oxidation sites excluding steroid dienone is 1. The quantitative estimate of drug-likeness (QED) is 0.317. The van der Waals surface area contributed by atoms with E-state index >= 15 is 0 Å². The Morgan fingerprint density at radius 2 is 1.66 bits per heavy atom. The fraction of sp³-hybridized carbons (Fsp3) is 0.609. The molecule has 0 aliphatic carbocycles. The third-order valence-electron chi connectivity index (χ3n) is 5.18. The molecule has 1 aromatic rings. The summed E-state index contributed by atoms with van der Waals surface area (Å²) in [6, 6.07) is 6.81. The lowest BCUT2D eigenvalue weighted by Gasteiger charge is -2.40. The van der Waals surface area contributed by atoms with E-state index in [1.807, 2.05) is 37.3 Å². The first-order valence-corrected chi connectivity index (χ1v) is 13.1. The molecule has 0 spiro atoms. The van der Waals surface area contributed by atoms with Gasteiger partial charge in [-0.2, -0.15) is 0 Å². The highest BCUT2D eigenvalue weighted by Crippen LogP contribution is 2.41. The van der Waals surface area contributed by atoms with Crippen molar-refractivity contribution < 1.29 is 18.7 Å². The Hall–Kier alpha value is -1.95. The summed E-state index contributed by atoms with van der Waals surface area (Å²) in [5.74, 6) is 1.24. The minimum Gasteiger partial charge on any atom is -0.546 e. The molecule has 164 valence electrons. The second-order valence-electron chi connectivity index (χ2n) is 9.75. The van der Waals surface area contributed by atoms with Crippen LogP contribution >= 0.6 is 0 Å². The van der Waals surface area contributed by atoms with Crippen molar-refractivity contribution in [3.05, 3.63) is 36.1 Å². The number of hydrogen-bond donors (Lipinski definition) is 1. The van der Waals surface area contributed by atoms with Gasteiger partial charge in [-0.15, -0.1) is 0 Å². The number of methoxy groups -OCH3 is 1. The molecule has 0 bridgehead atoms. The van der Waals surface area contributed by atoms with Gasteiger partial charge in [0.05, 0.1) is 19.5 Å². The van der Waals surface area contributed by atoms with Crippen LogP contribution in [0.3, 0.4) is 0 Å². The van der Waals surface area contributed by atoms with Gasteiger partial charge in [0.15, 0.2) is 0 Å². The number of esters is 1.